The smallest absolute Gasteiger partial charge is 0.261 e. The quantitative estimate of drug-likeness (QED) is 0.341. The second-order valence-corrected chi connectivity index (χ2v) is 8.71. The molecule has 0 saturated carbocycles. The third kappa shape index (κ3) is 4.12. The molecule has 1 N–H and O–H groups in total. The molecule has 5 rings (SSSR count). The van der Waals surface area contributed by atoms with Gasteiger partial charge in [-0.05, 0) is 37.4 Å². The number of benzene rings is 2. The fraction of sp³-hybridized carbons (Fsp3) is 0.120. The van der Waals surface area contributed by atoms with Crippen LogP contribution in [0.5, 0.6) is 0 Å². The van der Waals surface area contributed by atoms with E-state index in [1.54, 1.807) is 29.1 Å². The van der Waals surface area contributed by atoms with E-state index < -0.39 is 11.7 Å². The molecule has 2 aromatic carbocycles. The third-order valence-corrected chi connectivity index (χ3v) is 6.01. The molecule has 0 spiro atoms. The van der Waals surface area contributed by atoms with Gasteiger partial charge in [-0.1, -0.05) is 36.4 Å². The highest BCUT2D eigenvalue weighted by Gasteiger charge is 2.22. The van der Waals surface area contributed by atoms with E-state index in [2.05, 4.69) is 20.4 Å². The molecule has 0 fully saturated rings. The zero-order valence-corrected chi connectivity index (χ0v) is 18.8. The third-order valence-electron chi connectivity index (χ3n) is 5.25. The first-order chi connectivity index (χ1) is 16.0. The van der Waals surface area contributed by atoms with Crippen LogP contribution < -0.4 is 5.32 Å². The number of thiazole rings is 1. The first-order valence-electron chi connectivity index (χ1n) is 10.5. The van der Waals surface area contributed by atoms with E-state index in [-0.39, 0.29) is 17.2 Å². The number of hydrogen-bond acceptors (Lipinski definition) is 5. The van der Waals surface area contributed by atoms with Crippen LogP contribution in [0.2, 0.25) is 0 Å². The van der Waals surface area contributed by atoms with Crippen molar-refractivity contribution >= 4 is 33.1 Å². The van der Waals surface area contributed by atoms with Crippen molar-refractivity contribution in [1.82, 2.24) is 19.7 Å². The van der Waals surface area contributed by atoms with Gasteiger partial charge in [0, 0.05) is 34.8 Å². The number of rotatable bonds is 5. The molecular formula is C25H20FN5OS. The number of carbonyl (C=O) groups excluding carboxylic acids is 1. The second kappa shape index (κ2) is 8.55. The Morgan fingerprint density at radius 2 is 1.82 bits per heavy atom. The molecule has 0 radical (unpaired) electrons. The number of nitrogens with zero attached hydrogens (tertiary/aromatic N) is 4. The predicted molar refractivity (Wildman–Crippen MR) is 129 cm³/mol. The number of hydrogen-bond donors (Lipinski definition) is 1. The van der Waals surface area contributed by atoms with E-state index in [0.29, 0.717) is 16.5 Å². The maximum atomic E-state index is 14.5. The number of aromatic nitrogens is 4. The van der Waals surface area contributed by atoms with Crippen molar-refractivity contribution in [2.75, 3.05) is 5.32 Å². The van der Waals surface area contributed by atoms with Crippen LogP contribution in [-0.2, 0) is 0 Å². The summed E-state index contributed by atoms with van der Waals surface area (Å²) in [7, 11) is 0. The minimum atomic E-state index is -0.431. The molecule has 5 aromatic rings. The van der Waals surface area contributed by atoms with Crippen LogP contribution >= 0.6 is 11.3 Å². The Kier molecular flexibility index (Phi) is 5.43. The number of carbonyl (C=O) groups is 1. The van der Waals surface area contributed by atoms with E-state index >= 15 is 0 Å². The Hall–Kier alpha value is -3.91. The highest BCUT2D eigenvalue weighted by molar-refractivity contribution is 7.14. The van der Waals surface area contributed by atoms with Gasteiger partial charge < -0.3 is 0 Å². The summed E-state index contributed by atoms with van der Waals surface area (Å²) in [5, 5.41) is 11.7. The lowest BCUT2D eigenvalue weighted by atomic mass is 10.1. The summed E-state index contributed by atoms with van der Waals surface area (Å²) in [4.78, 5) is 22.2. The Balaban J connectivity index is 1.44. The molecule has 0 aliphatic rings. The molecular weight excluding hydrogens is 437 g/mol. The lowest BCUT2D eigenvalue weighted by molar-refractivity contribution is 0.102. The summed E-state index contributed by atoms with van der Waals surface area (Å²) in [6, 6.07) is 16.3. The highest BCUT2D eigenvalue weighted by atomic mass is 32.1. The molecule has 3 heterocycles. The van der Waals surface area contributed by atoms with Crippen molar-refractivity contribution in [3.05, 3.63) is 83.8 Å². The largest absolute Gasteiger partial charge is 0.298 e. The summed E-state index contributed by atoms with van der Waals surface area (Å²) < 4.78 is 16.1. The predicted octanol–water partition coefficient (Wildman–Crippen LogP) is 6.19. The van der Waals surface area contributed by atoms with Gasteiger partial charge in [0.2, 0.25) is 0 Å². The lowest BCUT2D eigenvalue weighted by Crippen LogP contribution is -2.12. The summed E-state index contributed by atoms with van der Waals surface area (Å²) in [5.41, 5.74) is 2.27. The van der Waals surface area contributed by atoms with Crippen LogP contribution in [0.4, 0.5) is 9.52 Å². The molecule has 0 atom stereocenters. The van der Waals surface area contributed by atoms with Crippen LogP contribution in [0.3, 0.4) is 0 Å². The van der Waals surface area contributed by atoms with Crippen molar-refractivity contribution in [3.63, 3.8) is 0 Å². The fourth-order valence-corrected chi connectivity index (χ4v) is 4.21. The van der Waals surface area contributed by atoms with Crippen molar-refractivity contribution in [1.29, 1.82) is 0 Å². The number of nitrogens with one attached hydrogen (secondary N) is 1. The van der Waals surface area contributed by atoms with E-state index in [0.717, 1.165) is 16.5 Å². The van der Waals surface area contributed by atoms with Crippen LogP contribution in [0.25, 0.3) is 33.4 Å². The van der Waals surface area contributed by atoms with Crippen LogP contribution in [-0.4, -0.2) is 25.7 Å². The zero-order valence-electron chi connectivity index (χ0n) is 18.0. The SMILES string of the molecule is CC(C)n1cc(C(=O)Nc2nc(-c3cc4ccccc4cn3)cs2)c(-c2ccccc2F)n1. The van der Waals surface area contributed by atoms with Gasteiger partial charge in [0.1, 0.15) is 17.2 Å². The Labute approximate surface area is 193 Å². The van der Waals surface area contributed by atoms with Crippen molar-refractivity contribution in [3.8, 4) is 22.6 Å². The topological polar surface area (TPSA) is 72.7 Å². The lowest BCUT2D eigenvalue weighted by Gasteiger charge is -2.04. The molecule has 164 valence electrons. The van der Waals surface area contributed by atoms with E-state index in [4.69, 9.17) is 0 Å². The number of fused-ring (bicyclic) bond motifs is 1. The molecule has 1 amide bonds. The number of halogens is 1. The van der Waals surface area contributed by atoms with Crippen LogP contribution in [0.15, 0.2) is 72.4 Å². The van der Waals surface area contributed by atoms with Gasteiger partial charge >= 0.3 is 0 Å². The molecule has 3 aromatic heterocycles. The van der Waals surface area contributed by atoms with Crippen molar-refractivity contribution in [2.45, 2.75) is 19.9 Å². The summed E-state index contributed by atoms with van der Waals surface area (Å²) >= 11 is 1.31. The molecule has 0 saturated heterocycles. The van der Waals surface area contributed by atoms with Crippen molar-refractivity contribution < 1.29 is 9.18 Å². The van der Waals surface area contributed by atoms with E-state index in [1.807, 2.05) is 55.8 Å². The van der Waals surface area contributed by atoms with Gasteiger partial charge in [-0.25, -0.2) is 9.37 Å². The Morgan fingerprint density at radius 1 is 1.06 bits per heavy atom. The minimum absolute atomic E-state index is 0.0162. The maximum Gasteiger partial charge on any atom is 0.261 e. The minimum Gasteiger partial charge on any atom is -0.298 e. The standard InChI is InChI=1S/C25H20FN5OS/c1-15(2)31-13-19(23(30-31)18-9-5-6-10-20(18)26)24(32)29-25-28-22(14-33-25)21-11-16-7-3-4-8-17(16)12-27-21/h3-15H,1-2H3,(H,28,29,32). The Morgan fingerprint density at radius 3 is 2.61 bits per heavy atom. The number of pyridine rings is 1. The van der Waals surface area contributed by atoms with Gasteiger partial charge in [-0.2, -0.15) is 5.10 Å². The molecule has 0 aliphatic heterocycles. The molecule has 0 unspecified atom stereocenters. The zero-order chi connectivity index (χ0) is 22.9. The van der Waals surface area contributed by atoms with Gasteiger partial charge in [-0.3, -0.25) is 19.8 Å². The summed E-state index contributed by atoms with van der Waals surface area (Å²) in [6.45, 7) is 3.90. The summed E-state index contributed by atoms with van der Waals surface area (Å²) in [6.07, 6.45) is 3.45. The van der Waals surface area contributed by atoms with Gasteiger partial charge in [0.05, 0.1) is 11.3 Å². The van der Waals surface area contributed by atoms with Crippen molar-refractivity contribution in [2.24, 2.45) is 0 Å². The van der Waals surface area contributed by atoms with Gasteiger partial charge in [0.25, 0.3) is 5.91 Å². The Bertz CT molecular complexity index is 1470. The van der Waals surface area contributed by atoms with Crippen LogP contribution in [0.1, 0.15) is 30.2 Å². The molecule has 0 bridgehead atoms. The van der Waals surface area contributed by atoms with Gasteiger partial charge in [-0.15, -0.1) is 11.3 Å². The molecule has 0 aliphatic carbocycles. The molecule has 6 nitrogen and oxygen atoms in total. The second-order valence-electron chi connectivity index (χ2n) is 7.85. The summed E-state index contributed by atoms with van der Waals surface area (Å²) in [5.74, 6) is -0.827. The van der Waals surface area contributed by atoms with Gasteiger partial charge in [0.15, 0.2) is 5.13 Å². The molecule has 8 heteroatoms. The van der Waals surface area contributed by atoms with E-state index in [1.165, 1.54) is 17.4 Å². The normalized spacial score (nSPS) is 11.3. The average molecular weight is 458 g/mol. The fourth-order valence-electron chi connectivity index (χ4n) is 3.51. The first-order valence-corrected chi connectivity index (χ1v) is 11.3. The maximum absolute atomic E-state index is 14.5. The molecule has 33 heavy (non-hydrogen) atoms. The number of amides is 1. The first kappa shape index (κ1) is 21.0. The highest BCUT2D eigenvalue weighted by Crippen LogP contribution is 2.29. The van der Waals surface area contributed by atoms with Crippen LogP contribution in [0, 0.1) is 5.82 Å². The average Bonchev–Trinajstić information content (AvgIpc) is 3.47. The number of anilines is 1. The van der Waals surface area contributed by atoms with E-state index in [9.17, 15) is 9.18 Å². The monoisotopic (exact) mass is 457 g/mol.